The quantitative estimate of drug-likeness (QED) is 0.329. The molecule has 146 valence electrons. The number of aromatic nitrogens is 1. The third-order valence-electron chi connectivity index (χ3n) is 3.73. The van der Waals surface area contributed by atoms with Crippen LogP contribution >= 0.6 is 39.9 Å². The number of rotatable bonds is 6. The van der Waals surface area contributed by atoms with E-state index in [0.717, 1.165) is 16.1 Å². The topological polar surface area (TPSA) is 69.6 Å². The first-order chi connectivity index (χ1) is 12.5. The first kappa shape index (κ1) is 23.4. The average molecular weight is 546 g/mol. The van der Waals surface area contributed by atoms with E-state index in [2.05, 4.69) is 42.6 Å². The van der Waals surface area contributed by atoms with Gasteiger partial charge in [-0.3, -0.25) is 9.79 Å². The average Bonchev–Trinajstić information content (AvgIpc) is 2.60. The zero-order valence-electron chi connectivity index (χ0n) is 15.7. The molecule has 1 amide bonds. The lowest BCUT2D eigenvalue weighted by Gasteiger charge is -2.22. The van der Waals surface area contributed by atoms with Crippen molar-refractivity contribution in [2.75, 3.05) is 26.0 Å². The fourth-order valence-electron chi connectivity index (χ4n) is 2.45. The molecule has 6 nitrogen and oxygen atoms in total. The second-order valence-corrected chi connectivity index (χ2v) is 6.74. The monoisotopic (exact) mass is 545 g/mol. The van der Waals surface area contributed by atoms with E-state index in [1.54, 1.807) is 13.1 Å². The van der Waals surface area contributed by atoms with Crippen molar-refractivity contribution in [1.29, 1.82) is 0 Å². The molecule has 0 spiro atoms. The van der Waals surface area contributed by atoms with Crippen molar-refractivity contribution in [2.45, 2.75) is 19.9 Å². The Morgan fingerprint density at radius 1 is 1.22 bits per heavy atom. The van der Waals surface area contributed by atoms with Crippen LogP contribution in [-0.2, 0) is 11.3 Å². The van der Waals surface area contributed by atoms with Crippen LogP contribution in [0.15, 0.2) is 51.9 Å². The Labute approximate surface area is 186 Å². The van der Waals surface area contributed by atoms with Crippen LogP contribution in [0.4, 0.5) is 5.82 Å². The Kier molecular flexibility index (Phi) is 10.3. The Bertz CT molecular complexity index is 784. The Balaban J connectivity index is 0.00000364. The molecule has 0 aliphatic rings. The Morgan fingerprint density at radius 2 is 1.96 bits per heavy atom. The minimum absolute atomic E-state index is 0. The maximum Gasteiger partial charge on any atom is 0.227 e. The molecule has 0 fully saturated rings. The van der Waals surface area contributed by atoms with Crippen LogP contribution in [0.3, 0.4) is 0 Å². The van der Waals surface area contributed by atoms with Gasteiger partial charge in [0.25, 0.3) is 0 Å². The van der Waals surface area contributed by atoms with Gasteiger partial charge >= 0.3 is 0 Å². The molecule has 2 aromatic rings. The Hall–Kier alpha value is -1.68. The number of anilines is 1. The van der Waals surface area contributed by atoms with Gasteiger partial charge in [0.2, 0.25) is 5.91 Å². The van der Waals surface area contributed by atoms with Crippen LogP contribution < -0.4 is 10.6 Å². The van der Waals surface area contributed by atoms with Crippen molar-refractivity contribution in [3.05, 3.63) is 58.2 Å². The minimum atomic E-state index is -0.0838. The van der Waals surface area contributed by atoms with Crippen LogP contribution in [0.2, 0.25) is 0 Å². The fraction of sp³-hybridized carbons (Fsp3) is 0.316. The fourth-order valence-corrected chi connectivity index (χ4v) is 2.86. The van der Waals surface area contributed by atoms with Gasteiger partial charge in [-0.15, -0.1) is 24.0 Å². The molecule has 0 radical (unpaired) electrons. The third-order valence-corrected chi connectivity index (χ3v) is 4.50. The summed E-state index contributed by atoms with van der Waals surface area (Å²) < 4.78 is 1.06. The number of carbonyl (C=O) groups excluding carboxylic acids is 1. The largest absolute Gasteiger partial charge is 0.356 e. The highest BCUT2D eigenvalue weighted by molar-refractivity contribution is 14.0. The van der Waals surface area contributed by atoms with Crippen molar-refractivity contribution in [1.82, 2.24) is 15.2 Å². The smallest absolute Gasteiger partial charge is 0.227 e. The van der Waals surface area contributed by atoms with E-state index in [1.165, 1.54) is 5.56 Å². The summed E-state index contributed by atoms with van der Waals surface area (Å²) in [6, 6.07) is 13.6. The second-order valence-electron chi connectivity index (χ2n) is 5.88. The van der Waals surface area contributed by atoms with Crippen LogP contribution in [0.1, 0.15) is 17.7 Å². The van der Waals surface area contributed by atoms with Gasteiger partial charge in [0.05, 0.1) is 0 Å². The molecule has 1 aromatic carbocycles. The van der Waals surface area contributed by atoms with Crippen LogP contribution in [0, 0.1) is 6.92 Å². The molecule has 0 aliphatic heterocycles. The molecule has 2 rings (SSSR count). The van der Waals surface area contributed by atoms with Crippen molar-refractivity contribution in [2.24, 2.45) is 4.99 Å². The number of amides is 1. The van der Waals surface area contributed by atoms with Gasteiger partial charge < -0.3 is 15.5 Å². The standard InChI is InChI=1S/C19H24BrN5O.HI/c1-14-7-6-10-17(23-14)24-18(26)11-12-22-19(21-2)25(3)13-15-8-4-5-9-16(15)20;/h4-10H,11-13H2,1-3H3,(H,21,22)(H,23,24,26);1H. The number of halogens is 2. The highest BCUT2D eigenvalue weighted by atomic mass is 127. The second kappa shape index (κ2) is 11.9. The maximum atomic E-state index is 12.0. The maximum absolute atomic E-state index is 12.0. The molecule has 2 N–H and O–H groups in total. The molecular weight excluding hydrogens is 521 g/mol. The molecule has 1 aromatic heterocycles. The summed E-state index contributed by atoms with van der Waals surface area (Å²) in [5.41, 5.74) is 2.04. The van der Waals surface area contributed by atoms with Gasteiger partial charge in [0.1, 0.15) is 5.82 Å². The van der Waals surface area contributed by atoms with Gasteiger partial charge in [-0.25, -0.2) is 4.98 Å². The molecule has 0 unspecified atom stereocenters. The third kappa shape index (κ3) is 7.84. The number of carbonyl (C=O) groups is 1. The number of hydrogen-bond donors (Lipinski definition) is 2. The number of aliphatic imine (C=N–C) groups is 1. The Morgan fingerprint density at radius 3 is 2.63 bits per heavy atom. The van der Waals surface area contributed by atoms with Crippen molar-refractivity contribution < 1.29 is 4.79 Å². The predicted octanol–water partition coefficient (Wildman–Crippen LogP) is 3.81. The number of aryl methyl sites for hydroxylation is 1. The van der Waals surface area contributed by atoms with Crippen molar-refractivity contribution in [3.8, 4) is 0 Å². The van der Waals surface area contributed by atoms with Gasteiger partial charge in [0.15, 0.2) is 5.96 Å². The molecule has 1 heterocycles. The lowest BCUT2D eigenvalue weighted by atomic mass is 10.2. The number of nitrogens with one attached hydrogen (secondary N) is 2. The van der Waals surface area contributed by atoms with E-state index in [0.29, 0.717) is 25.3 Å². The number of pyridine rings is 1. The summed E-state index contributed by atoms with van der Waals surface area (Å²) in [5, 5.41) is 6.02. The summed E-state index contributed by atoms with van der Waals surface area (Å²) in [7, 11) is 3.70. The molecule has 8 heteroatoms. The number of benzene rings is 1. The summed E-state index contributed by atoms with van der Waals surface area (Å²) in [6.07, 6.45) is 0.331. The molecule has 0 atom stereocenters. The van der Waals surface area contributed by atoms with Crippen LogP contribution in [0.25, 0.3) is 0 Å². The van der Waals surface area contributed by atoms with Gasteiger partial charge in [-0.05, 0) is 30.7 Å². The molecule has 0 aliphatic carbocycles. The van der Waals surface area contributed by atoms with E-state index in [1.807, 2.05) is 49.2 Å². The van der Waals surface area contributed by atoms with Crippen molar-refractivity contribution >= 4 is 57.6 Å². The highest BCUT2D eigenvalue weighted by Gasteiger charge is 2.09. The number of guanidine groups is 1. The molecule has 0 bridgehead atoms. The van der Waals surface area contributed by atoms with E-state index in [9.17, 15) is 4.79 Å². The molecule has 27 heavy (non-hydrogen) atoms. The predicted molar refractivity (Wildman–Crippen MR) is 125 cm³/mol. The summed E-state index contributed by atoms with van der Waals surface area (Å²) in [5.74, 6) is 1.23. The normalized spacial score (nSPS) is 10.7. The SMILES string of the molecule is CN=C(NCCC(=O)Nc1cccc(C)n1)N(C)Cc1ccccc1Br.I. The van der Waals surface area contributed by atoms with Crippen LogP contribution in [-0.4, -0.2) is 42.4 Å². The summed E-state index contributed by atoms with van der Waals surface area (Å²) in [6.45, 7) is 3.09. The van der Waals surface area contributed by atoms with Gasteiger partial charge in [0, 0.05) is 43.8 Å². The summed E-state index contributed by atoms with van der Waals surface area (Å²) >= 11 is 3.56. The van der Waals surface area contributed by atoms with E-state index in [4.69, 9.17) is 0 Å². The lowest BCUT2D eigenvalue weighted by Crippen LogP contribution is -2.39. The summed E-state index contributed by atoms with van der Waals surface area (Å²) in [4.78, 5) is 22.6. The van der Waals surface area contributed by atoms with Gasteiger partial charge in [-0.2, -0.15) is 0 Å². The number of hydrogen-bond acceptors (Lipinski definition) is 3. The first-order valence-corrected chi connectivity index (χ1v) is 9.17. The molecular formula is C19H25BrIN5O. The van der Waals surface area contributed by atoms with Crippen LogP contribution in [0.5, 0.6) is 0 Å². The van der Waals surface area contributed by atoms with E-state index in [-0.39, 0.29) is 29.9 Å². The first-order valence-electron chi connectivity index (χ1n) is 8.38. The zero-order valence-corrected chi connectivity index (χ0v) is 19.6. The number of nitrogens with zero attached hydrogens (tertiary/aromatic N) is 3. The molecule has 0 saturated heterocycles. The van der Waals surface area contributed by atoms with Crippen molar-refractivity contribution in [3.63, 3.8) is 0 Å². The van der Waals surface area contributed by atoms with E-state index >= 15 is 0 Å². The highest BCUT2D eigenvalue weighted by Crippen LogP contribution is 2.17. The van der Waals surface area contributed by atoms with Gasteiger partial charge in [-0.1, -0.05) is 40.2 Å². The molecule has 0 saturated carbocycles. The van der Waals surface area contributed by atoms with E-state index < -0.39 is 0 Å². The zero-order chi connectivity index (χ0) is 18.9. The minimum Gasteiger partial charge on any atom is -0.356 e. The lowest BCUT2D eigenvalue weighted by molar-refractivity contribution is -0.116.